The lowest BCUT2D eigenvalue weighted by molar-refractivity contribution is -0.00950. The van der Waals surface area contributed by atoms with E-state index in [9.17, 15) is 4.79 Å². The first kappa shape index (κ1) is 15.5. The van der Waals surface area contributed by atoms with Crippen molar-refractivity contribution in [2.75, 3.05) is 11.4 Å². The molecular formula is C15H24N4O2. The summed E-state index contributed by atoms with van der Waals surface area (Å²) in [5, 5.41) is 0. The summed E-state index contributed by atoms with van der Waals surface area (Å²) in [6.45, 7) is 9.24. The van der Waals surface area contributed by atoms with E-state index in [0.717, 1.165) is 25.2 Å². The monoisotopic (exact) mass is 292 g/mol. The smallest absolute Gasteiger partial charge is 0.405 e. The van der Waals surface area contributed by atoms with Gasteiger partial charge >= 0.3 is 6.09 Å². The van der Waals surface area contributed by atoms with Crippen LogP contribution in [0.25, 0.3) is 0 Å². The molecular weight excluding hydrogens is 268 g/mol. The first-order valence-electron chi connectivity index (χ1n) is 7.22. The average molecular weight is 292 g/mol. The quantitative estimate of drug-likeness (QED) is 0.904. The highest BCUT2D eigenvalue weighted by Crippen LogP contribution is 2.39. The molecule has 2 atom stereocenters. The van der Waals surface area contributed by atoms with Crippen molar-refractivity contribution in [3.8, 4) is 0 Å². The molecule has 6 heteroatoms. The Morgan fingerprint density at radius 2 is 2.19 bits per heavy atom. The fourth-order valence-electron chi connectivity index (χ4n) is 2.96. The molecule has 1 aliphatic rings. The number of carbonyl (C=O) groups is 1. The molecule has 1 aromatic heterocycles. The maximum absolute atomic E-state index is 11.1. The van der Waals surface area contributed by atoms with E-state index in [1.54, 1.807) is 18.6 Å². The van der Waals surface area contributed by atoms with Crippen LogP contribution in [0.5, 0.6) is 0 Å². The lowest BCUT2D eigenvalue weighted by Gasteiger charge is -2.49. The minimum Gasteiger partial charge on any atom is -0.443 e. The number of piperidine rings is 1. The predicted octanol–water partition coefficient (Wildman–Crippen LogP) is 2.35. The van der Waals surface area contributed by atoms with Gasteiger partial charge in [-0.2, -0.15) is 0 Å². The maximum Gasteiger partial charge on any atom is 0.405 e. The second-order valence-electron chi connectivity index (χ2n) is 6.96. The first-order chi connectivity index (χ1) is 9.71. The third-order valence-electron chi connectivity index (χ3n) is 4.07. The number of nitrogens with zero attached hydrogens (tertiary/aromatic N) is 3. The number of anilines is 1. The van der Waals surface area contributed by atoms with Crippen LogP contribution in [-0.4, -0.2) is 34.2 Å². The van der Waals surface area contributed by atoms with Gasteiger partial charge in [0.2, 0.25) is 0 Å². The molecule has 0 radical (unpaired) electrons. The van der Waals surface area contributed by atoms with Gasteiger partial charge in [0, 0.05) is 37.8 Å². The zero-order valence-electron chi connectivity index (χ0n) is 13.2. The summed E-state index contributed by atoms with van der Waals surface area (Å²) in [5.41, 5.74) is 4.70. The van der Waals surface area contributed by atoms with Gasteiger partial charge in [-0.05, 0) is 12.3 Å². The Labute approximate surface area is 125 Å². The number of ether oxygens (including phenoxy) is 1. The number of carbonyl (C=O) groups excluding carboxylic acids is 1. The fraction of sp³-hybridized carbons (Fsp3) is 0.667. The third kappa shape index (κ3) is 3.62. The standard InChI is InChI=1S/C15H24N4O2/c1-14(2,3)11-9-15(4,21-13(16)20)5-8-19(11)12-10-17-6-7-18-12/h6-7,10-11H,5,8-9H2,1-4H3,(H2,16,20). The molecule has 0 spiro atoms. The van der Waals surface area contributed by atoms with Gasteiger partial charge in [0.1, 0.15) is 11.4 Å². The highest BCUT2D eigenvalue weighted by atomic mass is 16.6. The highest BCUT2D eigenvalue weighted by Gasteiger charge is 2.44. The number of aromatic nitrogens is 2. The van der Waals surface area contributed by atoms with E-state index in [1.807, 2.05) is 6.92 Å². The van der Waals surface area contributed by atoms with Crippen LogP contribution in [0.15, 0.2) is 18.6 Å². The van der Waals surface area contributed by atoms with E-state index in [2.05, 4.69) is 35.6 Å². The molecule has 21 heavy (non-hydrogen) atoms. The number of hydrogen-bond donors (Lipinski definition) is 1. The number of hydrogen-bond acceptors (Lipinski definition) is 5. The molecule has 2 heterocycles. The van der Waals surface area contributed by atoms with Crippen molar-refractivity contribution < 1.29 is 9.53 Å². The first-order valence-corrected chi connectivity index (χ1v) is 7.22. The minimum absolute atomic E-state index is 0.0141. The van der Waals surface area contributed by atoms with Gasteiger partial charge in [0.05, 0.1) is 6.20 Å². The largest absolute Gasteiger partial charge is 0.443 e. The Balaban J connectivity index is 2.27. The van der Waals surface area contributed by atoms with Crippen LogP contribution in [0.1, 0.15) is 40.5 Å². The van der Waals surface area contributed by atoms with Gasteiger partial charge in [-0.15, -0.1) is 0 Å². The predicted molar refractivity (Wildman–Crippen MR) is 80.9 cm³/mol. The average Bonchev–Trinajstić information content (AvgIpc) is 2.37. The van der Waals surface area contributed by atoms with Crippen LogP contribution < -0.4 is 10.6 Å². The number of primary amides is 1. The number of rotatable bonds is 2. The molecule has 1 saturated heterocycles. The summed E-state index contributed by atoms with van der Waals surface area (Å²) in [4.78, 5) is 22.0. The highest BCUT2D eigenvalue weighted by molar-refractivity contribution is 5.65. The zero-order valence-corrected chi connectivity index (χ0v) is 13.2. The Kier molecular flexibility index (Phi) is 4.07. The second-order valence-corrected chi connectivity index (χ2v) is 6.96. The van der Waals surface area contributed by atoms with Gasteiger partial charge in [-0.1, -0.05) is 20.8 Å². The Hall–Kier alpha value is -1.85. The van der Waals surface area contributed by atoms with E-state index >= 15 is 0 Å². The fourth-order valence-corrected chi connectivity index (χ4v) is 2.96. The van der Waals surface area contributed by atoms with Crippen molar-refractivity contribution in [3.05, 3.63) is 18.6 Å². The Morgan fingerprint density at radius 1 is 1.48 bits per heavy atom. The lowest BCUT2D eigenvalue weighted by atomic mass is 9.75. The van der Waals surface area contributed by atoms with Crippen molar-refractivity contribution in [3.63, 3.8) is 0 Å². The maximum atomic E-state index is 11.1. The second kappa shape index (κ2) is 5.50. The van der Waals surface area contributed by atoms with Crippen molar-refractivity contribution in [2.45, 2.75) is 52.2 Å². The molecule has 6 nitrogen and oxygen atoms in total. The molecule has 0 bridgehead atoms. The zero-order chi connectivity index (χ0) is 15.7. The summed E-state index contributed by atoms with van der Waals surface area (Å²) in [5.74, 6) is 0.860. The molecule has 1 amide bonds. The summed E-state index contributed by atoms with van der Waals surface area (Å²) < 4.78 is 5.36. The molecule has 1 aromatic rings. The molecule has 0 aliphatic carbocycles. The van der Waals surface area contributed by atoms with Gasteiger partial charge in [-0.25, -0.2) is 9.78 Å². The molecule has 0 aromatic carbocycles. The normalized spacial score (nSPS) is 26.5. The Morgan fingerprint density at radius 3 is 2.71 bits per heavy atom. The van der Waals surface area contributed by atoms with Crippen molar-refractivity contribution in [1.29, 1.82) is 0 Å². The summed E-state index contributed by atoms with van der Waals surface area (Å²) in [6, 6.07) is 0.187. The van der Waals surface area contributed by atoms with Crippen LogP contribution in [-0.2, 0) is 4.74 Å². The summed E-state index contributed by atoms with van der Waals surface area (Å²) in [7, 11) is 0. The Bertz CT molecular complexity index is 500. The summed E-state index contributed by atoms with van der Waals surface area (Å²) >= 11 is 0. The van der Waals surface area contributed by atoms with E-state index < -0.39 is 11.7 Å². The minimum atomic E-state index is -0.710. The van der Waals surface area contributed by atoms with E-state index in [0.29, 0.717) is 0 Å². The third-order valence-corrected chi connectivity index (χ3v) is 4.07. The van der Waals surface area contributed by atoms with Crippen LogP contribution in [0, 0.1) is 5.41 Å². The number of nitrogens with two attached hydrogens (primary N) is 1. The molecule has 0 saturated carbocycles. The molecule has 2 N–H and O–H groups in total. The molecule has 1 aliphatic heterocycles. The van der Waals surface area contributed by atoms with Crippen LogP contribution in [0.4, 0.5) is 10.6 Å². The van der Waals surface area contributed by atoms with Crippen molar-refractivity contribution in [2.24, 2.45) is 11.1 Å². The van der Waals surface area contributed by atoms with Gasteiger partial charge in [0.15, 0.2) is 0 Å². The van der Waals surface area contributed by atoms with E-state index in [1.165, 1.54) is 0 Å². The van der Waals surface area contributed by atoms with E-state index in [4.69, 9.17) is 10.5 Å². The topological polar surface area (TPSA) is 81.3 Å². The van der Waals surface area contributed by atoms with Crippen LogP contribution in [0.3, 0.4) is 0 Å². The molecule has 116 valence electrons. The van der Waals surface area contributed by atoms with Crippen LogP contribution >= 0.6 is 0 Å². The molecule has 2 unspecified atom stereocenters. The van der Waals surface area contributed by atoms with Gasteiger partial charge in [0.25, 0.3) is 0 Å². The SMILES string of the molecule is CC1(OC(N)=O)CCN(c2cnccn2)C(C(C)(C)C)C1. The van der Waals surface area contributed by atoms with Crippen LogP contribution in [0.2, 0.25) is 0 Å². The van der Waals surface area contributed by atoms with Gasteiger partial charge in [-0.3, -0.25) is 4.98 Å². The van der Waals surface area contributed by atoms with Gasteiger partial charge < -0.3 is 15.4 Å². The lowest BCUT2D eigenvalue weighted by Crippen LogP contribution is -2.56. The molecule has 1 fully saturated rings. The van der Waals surface area contributed by atoms with Crippen molar-refractivity contribution >= 4 is 11.9 Å². The number of amides is 1. The van der Waals surface area contributed by atoms with Crippen molar-refractivity contribution in [1.82, 2.24) is 9.97 Å². The molecule has 2 rings (SSSR count). The van der Waals surface area contributed by atoms with E-state index in [-0.39, 0.29) is 11.5 Å². The summed E-state index contributed by atoms with van der Waals surface area (Å²) in [6.07, 6.45) is 5.87.